The molecule has 21 heavy (non-hydrogen) atoms. The summed E-state index contributed by atoms with van der Waals surface area (Å²) >= 11 is 3.32. The van der Waals surface area contributed by atoms with Crippen molar-refractivity contribution in [3.63, 3.8) is 0 Å². The fraction of sp³-hybridized carbons (Fsp3) is 0.154. The van der Waals surface area contributed by atoms with Gasteiger partial charge in [0, 0.05) is 11.6 Å². The average molecular weight is 350 g/mol. The Labute approximate surface area is 128 Å². The Balaban J connectivity index is 2.31. The third kappa shape index (κ3) is 2.27. The number of halogens is 1. The number of hydrogen-bond acceptors (Lipinski definition) is 6. The van der Waals surface area contributed by atoms with Crippen molar-refractivity contribution in [1.29, 1.82) is 0 Å². The van der Waals surface area contributed by atoms with E-state index >= 15 is 0 Å². The second-order valence-electron chi connectivity index (χ2n) is 4.21. The van der Waals surface area contributed by atoms with E-state index in [0.29, 0.717) is 22.1 Å². The summed E-state index contributed by atoms with van der Waals surface area (Å²) < 4.78 is 12.7. The summed E-state index contributed by atoms with van der Waals surface area (Å²) in [5.41, 5.74) is 5.62. The normalized spacial score (nSPS) is 10.8. The fourth-order valence-electron chi connectivity index (χ4n) is 2.10. The first-order valence-electron chi connectivity index (χ1n) is 6.03. The van der Waals surface area contributed by atoms with Crippen LogP contribution in [-0.2, 0) is 0 Å². The molecule has 0 bridgehead atoms. The first kappa shape index (κ1) is 13.6. The van der Waals surface area contributed by atoms with Crippen LogP contribution in [0.2, 0.25) is 0 Å². The van der Waals surface area contributed by atoms with Gasteiger partial charge in [-0.25, -0.2) is 4.98 Å². The molecule has 108 valence electrons. The van der Waals surface area contributed by atoms with Gasteiger partial charge in [-0.2, -0.15) is 9.67 Å². The minimum Gasteiger partial charge on any atom is -0.493 e. The molecule has 2 aromatic heterocycles. The lowest BCUT2D eigenvalue weighted by Gasteiger charge is -2.11. The molecule has 2 heterocycles. The fourth-order valence-corrected chi connectivity index (χ4v) is 2.52. The molecule has 2 N–H and O–H groups in total. The highest BCUT2D eigenvalue weighted by Crippen LogP contribution is 2.34. The van der Waals surface area contributed by atoms with Crippen molar-refractivity contribution in [1.82, 2.24) is 19.7 Å². The Morgan fingerprint density at radius 3 is 2.52 bits per heavy atom. The second-order valence-corrected chi connectivity index (χ2v) is 4.92. The lowest BCUT2D eigenvalue weighted by Crippen LogP contribution is -2.02. The zero-order chi connectivity index (χ0) is 15.0. The first-order chi connectivity index (χ1) is 10.1. The van der Waals surface area contributed by atoms with E-state index in [1.807, 2.05) is 18.2 Å². The summed E-state index contributed by atoms with van der Waals surface area (Å²) in [5.74, 6) is 2.04. The SMILES string of the molecule is COc1cc2ccnc(-n3nc(N)nc3Br)c2cc1OC. The van der Waals surface area contributed by atoms with Crippen molar-refractivity contribution < 1.29 is 9.47 Å². The van der Waals surface area contributed by atoms with E-state index in [4.69, 9.17) is 15.2 Å². The molecule has 0 aliphatic carbocycles. The number of nitrogen functional groups attached to an aromatic ring is 1. The third-order valence-electron chi connectivity index (χ3n) is 3.03. The van der Waals surface area contributed by atoms with E-state index in [9.17, 15) is 0 Å². The zero-order valence-electron chi connectivity index (χ0n) is 11.4. The van der Waals surface area contributed by atoms with Crippen molar-refractivity contribution >= 4 is 32.7 Å². The lowest BCUT2D eigenvalue weighted by atomic mass is 10.1. The molecule has 0 saturated carbocycles. The van der Waals surface area contributed by atoms with Gasteiger partial charge in [-0.1, -0.05) is 0 Å². The number of benzene rings is 1. The van der Waals surface area contributed by atoms with Gasteiger partial charge in [-0.05, 0) is 39.5 Å². The lowest BCUT2D eigenvalue weighted by molar-refractivity contribution is 0.356. The van der Waals surface area contributed by atoms with Crippen LogP contribution in [0, 0.1) is 0 Å². The number of rotatable bonds is 3. The van der Waals surface area contributed by atoms with Crippen LogP contribution in [-0.4, -0.2) is 34.0 Å². The van der Waals surface area contributed by atoms with Gasteiger partial charge in [0.15, 0.2) is 17.3 Å². The van der Waals surface area contributed by atoms with Gasteiger partial charge < -0.3 is 15.2 Å². The molecular formula is C13H12BrN5O2. The molecule has 0 amide bonds. The van der Waals surface area contributed by atoms with Crippen LogP contribution in [0.3, 0.4) is 0 Å². The van der Waals surface area contributed by atoms with Crippen LogP contribution in [0.4, 0.5) is 5.95 Å². The number of pyridine rings is 1. The van der Waals surface area contributed by atoms with Crippen molar-refractivity contribution in [2.45, 2.75) is 0 Å². The van der Waals surface area contributed by atoms with Crippen LogP contribution in [0.5, 0.6) is 11.5 Å². The Morgan fingerprint density at radius 2 is 1.90 bits per heavy atom. The maximum atomic E-state index is 5.62. The standard InChI is InChI=1S/C13H12BrN5O2/c1-20-9-5-7-3-4-16-11(8(7)6-10(9)21-2)19-12(14)17-13(15)18-19/h3-6H,1-2H3,(H2,15,18). The number of hydrogen-bond donors (Lipinski definition) is 1. The van der Waals surface area contributed by atoms with Crippen LogP contribution >= 0.6 is 15.9 Å². The quantitative estimate of drug-likeness (QED) is 0.779. The summed E-state index contributed by atoms with van der Waals surface area (Å²) in [6.07, 6.45) is 1.69. The van der Waals surface area contributed by atoms with E-state index < -0.39 is 0 Å². The summed E-state index contributed by atoms with van der Waals surface area (Å²) in [4.78, 5) is 8.38. The predicted octanol–water partition coefficient (Wildman–Crippen LogP) is 2.18. The second kappa shape index (κ2) is 5.21. The predicted molar refractivity (Wildman–Crippen MR) is 81.9 cm³/mol. The maximum absolute atomic E-state index is 5.62. The molecule has 0 unspecified atom stereocenters. The molecule has 8 heteroatoms. The van der Waals surface area contributed by atoms with Gasteiger partial charge in [0.25, 0.3) is 0 Å². The molecule has 0 radical (unpaired) electrons. The van der Waals surface area contributed by atoms with E-state index in [1.54, 1.807) is 20.4 Å². The van der Waals surface area contributed by atoms with Crippen LogP contribution in [0.1, 0.15) is 0 Å². The third-order valence-corrected chi connectivity index (χ3v) is 3.55. The molecule has 0 fully saturated rings. The number of nitrogens with zero attached hydrogens (tertiary/aromatic N) is 4. The zero-order valence-corrected chi connectivity index (χ0v) is 13.0. The van der Waals surface area contributed by atoms with Gasteiger partial charge in [0.05, 0.1) is 14.2 Å². The number of methoxy groups -OCH3 is 2. The molecule has 3 aromatic rings. The molecule has 0 atom stereocenters. The average Bonchev–Trinajstić information content (AvgIpc) is 2.83. The van der Waals surface area contributed by atoms with Crippen molar-refractivity contribution in [3.05, 3.63) is 29.1 Å². The summed E-state index contributed by atoms with van der Waals surface area (Å²) in [7, 11) is 3.18. The van der Waals surface area contributed by atoms with Crippen molar-refractivity contribution in [2.75, 3.05) is 20.0 Å². The van der Waals surface area contributed by atoms with Gasteiger partial charge in [-0.3, -0.25) is 0 Å². The van der Waals surface area contributed by atoms with E-state index in [1.165, 1.54) is 4.68 Å². The largest absolute Gasteiger partial charge is 0.493 e. The monoisotopic (exact) mass is 349 g/mol. The number of aromatic nitrogens is 4. The number of anilines is 1. The topological polar surface area (TPSA) is 88.1 Å². The van der Waals surface area contributed by atoms with Crippen LogP contribution in [0.15, 0.2) is 29.1 Å². The smallest absolute Gasteiger partial charge is 0.240 e. The molecular weight excluding hydrogens is 338 g/mol. The highest BCUT2D eigenvalue weighted by molar-refractivity contribution is 9.10. The van der Waals surface area contributed by atoms with Crippen molar-refractivity contribution in [2.24, 2.45) is 0 Å². The van der Waals surface area contributed by atoms with Gasteiger partial charge >= 0.3 is 0 Å². The van der Waals surface area contributed by atoms with Crippen molar-refractivity contribution in [3.8, 4) is 17.3 Å². The summed E-state index contributed by atoms with van der Waals surface area (Å²) in [6.45, 7) is 0. The molecule has 0 aliphatic heterocycles. The molecule has 0 spiro atoms. The number of nitrogens with two attached hydrogens (primary N) is 1. The Morgan fingerprint density at radius 1 is 1.19 bits per heavy atom. The molecule has 0 aliphatic rings. The Bertz CT molecular complexity index is 818. The van der Waals surface area contributed by atoms with E-state index in [0.717, 1.165) is 10.8 Å². The molecule has 0 saturated heterocycles. The van der Waals surface area contributed by atoms with Gasteiger partial charge in [0.1, 0.15) is 0 Å². The minimum atomic E-state index is 0.168. The molecule has 1 aromatic carbocycles. The van der Waals surface area contributed by atoms with Gasteiger partial charge in [-0.15, -0.1) is 5.10 Å². The Kier molecular flexibility index (Phi) is 3.38. The molecule has 3 rings (SSSR count). The first-order valence-corrected chi connectivity index (χ1v) is 6.82. The van der Waals surface area contributed by atoms with Gasteiger partial charge in [0.2, 0.25) is 10.7 Å². The summed E-state index contributed by atoms with van der Waals surface area (Å²) in [6, 6.07) is 5.61. The van der Waals surface area contributed by atoms with Crippen LogP contribution < -0.4 is 15.2 Å². The number of fused-ring (bicyclic) bond motifs is 1. The highest BCUT2D eigenvalue weighted by atomic mass is 79.9. The highest BCUT2D eigenvalue weighted by Gasteiger charge is 2.14. The van der Waals surface area contributed by atoms with Crippen LogP contribution in [0.25, 0.3) is 16.6 Å². The Hall–Kier alpha value is -2.35. The number of ether oxygens (including phenoxy) is 2. The molecule has 7 nitrogen and oxygen atoms in total. The summed E-state index contributed by atoms with van der Waals surface area (Å²) in [5, 5.41) is 5.92. The van der Waals surface area contributed by atoms with E-state index in [-0.39, 0.29) is 5.95 Å². The van der Waals surface area contributed by atoms with E-state index in [2.05, 4.69) is 31.0 Å². The minimum absolute atomic E-state index is 0.168. The maximum Gasteiger partial charge on any atom is 0.240 e.